The summed E-state index contributed by atoms with van der Waals surface area (Å²) in [5, 5.41) is 0. The Hall–Kier alpha value is -2.28. The molecule has 130 valence electrons. The normalized spacial score (nSPS) is 19.8. The number of anilines is 1. The monoisotopic (exact) mass is 331 g/mol. The molecule has 0 radical (unpaired) electrons. The predicted molar refractivity (Wildman–Crippen MR) is 95.4 cm³/mol. The zero-order valence-corrected chi connectivity index (χ0v) is 14.1. The molecule has 1 aliphatic heterocycles. The molecule has 1 aromatic rings. The first kappa shape index (κ1) is 16.6. The Morgan fingerprint density at radius 1 is 1.08 bits per heavy atom. The molecule has 1 heterocycles. The van der Waals surface area contributed by atoms with Gasteiger partial charge in [0.05, 0.1) is 6.61 Å². The van der Waals surface area contributed by atoms with Gasteiger partial charge in [-0.1, -0.05) is 6.42 Å². The van der Waals surface area contributed by atoms with Gasteiger partial charge in [-0.2, -0.15) is 4.99 Å². The van der Waals surface area contributed by atoms with Gasteiger partial charge in [0.2, 0.25) is 11.9 Å². The zero-order valence-electron chi connectivity index (χ0n) is 14.1. The van der Waals surface area contributed by atoms with E-state index in [0.717, 1.165) is 37.1 Å². The smallest absolute Gasteiger partial charge is 0.220 e. The summed E-state index contributed by atoms with van der Waals surface area (Å²) in [6.45, 7) is 1.08. The van der Waals surface area contributed by atoms with Crippen LogP contribution >= 0.6 is 0 Å². The number of methoxy groups -OCH3 is 1. The molecule has 7 heteroatoms. The summed E-state index contributed by atoms with van der Waals surface area (Å²) in [6, 6.07) is 7.82. The van der Waals surface area contributed by atoms with Crippen LogP contribution in [0.5, 0.6) is 5.75 Å². The molecule has 0 saturated heterocycles. The second kappa shape index (κ2) is 7.09. The number of hydrogen-bond acceptors (Lipinski definition) is 7. The van der Waals surface area contributed by atoms with Gasteiger partial charge in [-0.3, -0.25) is 4.90 Å². The molecular formula is C17H25N5O2. The van der Waals surface area contributed by atoms with Crippen LogP contribution in [0.15, 0.2) is 34.3 Å². The van der Waals surface area contributed by atoms with E-state index in [-0.39, 0.29) is 5.96 Å². The van der Waals surface area contributed by atoms with Crippen molar-refractivity contribution < 1.29 is 9.47 Å². The number of nitrogens with zero attached hydrogens (tertiary/aromatic N) is 3. The first-order chi connectivity index (χ1) is 11.6. The topological polar surface area (TPSA) is 98.5 Å². The zero-order chi connectivity index (χ0) is 17.0. The average molecular weight is 331 g/mol. The van der Waals surface area contributed by atoms with E-state index in [1.165, 1.54) is 6.42 Å². The predicted octanol–water partition coefficient (Wildman–Crippen LogP) is 1.82. The molecule has 1 fully saturated rings. The van der Waals surface area contributed by atoms with Crippen molar-refractivity contribution in [3.05, 3.63) is 24.3 Å². The van der Waals surface area contributed by atoms with Gasteiger partial charge in [-0.05, 0) is 49.9 Å². The lowest BCUT2D eigenvalue weighted by atomic mass is 9.87. The molecule has 0 unspecified atom stereocenters. The van der Waals surface area contributed by atoms with Crippen molar-refractivity contribution in [2.75, 3.05) is 25.2 Å². The second-order valence-corrected chi connectivity index (χ2v) is 6.15. The van der Waals surface area contributed by atoms with Gasteiger partial charge in [0.15, 0.2) is 0 Å². The molecule has 3 rings (SSSR count). The third-order valence-electron chi connectivity index (χ3n) is 4.50. The molecular weight excluding hydrogens is 306 g/mol. The molecule has 7 nitrogen and oxygen atoms in total. The van der Waals surface area contributed by atoms with Gasteiger partial charge in [0.1, 0.15) is 18.0 Å². The highest BCUT2D eigenvalue weighted by Crippen LogP contribution is 2.39. The molecule has 1 saturated carbocycles. The fourth-order valence-electron chi connectivity index (χ4n) is 3.43. The molecule has 1 aliphatic carbocycles. The molecule has 1 aromatic carbocycles. The van der Waals surface area contributed by atoms with E-state index in [0.29, 0.717) is 19.2 Å². The van der Waals surface area contributed by atoms with Crippen molar-refractivity contribution in [2.24, 2.45) is 21.5 Å². The number of benzene rings is 1. The second-order valence-electron chi connectivity index (χ2n) is 6.15. The maximum atomic E-state index is 6.21. The third kappa shape index (κ3) is 3.31. The van der Waals surface area contributed by atoms with Crippen LogP contribution in [0.4, 0.5) is 5.69 Å². The lowest BCUT2D eigenvalue weighted by molar-refractivity contribution is 0.146. The Bertz CT molecular complexity index is 620. The number of rotatable bonds is 5. The van der Waals surface area contributed by atoms with Crippen molar-refractivity contribution in [1.82, 2.24) is 0 Å². The summed E-state index contributed by atoms with van der Waals surface area (Å²) in [5.74, 6) is 1.46. The van der Waals surface area contributed by atoms with Gasteiger partial charge in [-0.15, -0.1) is 0 Å². The summed E-state index contributed by atoms with van der Waals surface area (Å²) in [6.07, 6.45) is 5.29. The minimum Gasteiger partial charge on any atom is -0.491 e. The SMILES string of the molecule is COCCOc1ccc(N2C(N)=NC(N)=NC23CCCCC3)cc1. The van der Waals surface area contributed by atoms with Crippen LogP contribution in [-0.4, -0.2) is 37.9 Å². The number of hydrogen-bond donors (Lipinski definition) is 2. The maximum Gasteiger partial charge on any atom is 0.220 e. The highest BCUT2D eigenvalue weighted by molar-refractivity contribution is 6.05. The molecule has 0 aromatic heterocycles. The molecule has 4 N–H and O–H groups in total. The standard InChI is InChI=1S/C17H25N5O2/c1-23-11-12-24-14-7-5-13(6-8-14)22-16(19)20-15(18)21-17(22)9-3-2-4-10-17/h5-8H,2-4,9-12H2,1H3,(H4,18,19,20,21). The van der Waals surface area contributed by atoms with Crippen LogP contribution in [0, 0.1) is 0 Å². The lowest BCUT2D eigenvalue weighted by Gasteiger charge is -2.45. The van der Waals surface area contributed by atoms with E-state index >= 15 is 0 Å². The summed E-state index contributed by atoms with van der Waals surface area (Å²) in [7, 11) is 1.65. The van der Waals surface area contributed by atoms with Crippen molar-refractivity contribution in [3.8, 4) is 5.75 Å². The van der Waals surface area contributed by atoms with Crippen molar-refractivity contribution in [2.45, 2.75) is 37.8 Å². The quantitative estimate of drug-likeness (QED) is 0.802. The van der Waals surface area contributed by atoms with E-state index in [1.807, 2.05) is 29.2 Å². The van der Waals surface area contributed by atoms with E-state index in [1.54, 1.807) is 7.11 Å². The summed E-state index contributed by atoms with van der Waals surface area (Å²) in [5.41, 5.74) is 12.6. The molecule has 1 spiro atoms. The minimum atomic E-state index is -0.410. The fourth-order valence-corrected chi connectivity index (χ4v) is 3.43. The Labute approximate surface area is 142 Å². The molecule has 0 amide bonds. The highest BCUT2D eigenvalue weighted by atomic mass is 16.5. The van der Waals surface area contributed by atoms with E-state index in [9.17, 15) is 0 Å². The highest BCUT2D eigenvalue weighted by Gasteiger charge is 2.42. The first-order valence-corrected chi connectivity index (χ1v) is 8.36. The largest absolute Gasteiger partial charge is 0.491 e. The average Bonchev–Trinajstić information content (AvgIpc) is 2.56. The third-order valence-corrected chi connectivity index (χ3v) is 4.50. The molecule has 0 atom stereocenters. The summed E-state index contributed by atoms with van der Waals surface area (Å²) in [4.78, 5) is 10.9. The van der Waals surface area contributed by atoms with Crippen LogP contribution in [0.1, 0.15) is 32.1 Å². The van der Waals surface area contributed by atoms with Crippen LogP contribution in [-0.2, 0) is 4.74 Å². The number of guanidine groups is 2. The van der Waals surface area contributed by atoms with E-state index in [2.05, 4.69) is 9.98 Å². The summed E-state index contributed by atoms with van der Waals surface area (Å²) < 4.78 is 10.6. The van der Waals surface area contributed by atoms with Gasteiger partial charge in [-0.25, -0.2) is 4.99 Å². The van der Waals surface area contributed by atoms with E-state index in [4.69, 9.17) is 20.9 Å². The maximum absolute atomic E-state index is 6.21. The Balaban J connectivity index is 1.84. The van der Waals surface area contributed by atoms with Gasteiger partial charge in [0, 0.05) is 12.8 Å². The van der Waals surface area contributed by atoms with Crippen LogP contribution in [0.2, 0.25) is 0 Å². The lowest BCUT2D eigenvalue weighted by Crippen LogP contribution is -2.58. The fraction of sp³-hybridized carbons (Fsp3) is 0.529. The Morgan fingerprint density at radius 3 is 2.46 bits per heavy atom. The van der Waals surface area contributed by atoms with Crippen molar-refractivity contribution in [3.63, 3.8) is 0 Å². The number of ether oxygens (including phenoxy) is 2. The van der Waals surface area contributed by atoms with Crippen LogP contribution in [0.3, 0.4) is 0 Å². The first-order valence-electron chi connectivity index (χ1n) is 8.36. The van der Waals surface area contributed by atoms with Crippen molar-refractivity contribution in [1.29, 1.82) is 0 Å². The molecule has 2 aliphatic rings. The number of aliphatic imine (C=N–C) groups is 2. The van der Waals surface area contributed by atoms with Crippen LogP contribution in [0.25, 0.3) is 0 Å². The Morgan fingerprint density at radius 2 is 1.79 bits per heavy atom. The van der Waals surface area contributed by atoms with Crippen molar-refractivity contribution >= 4 is 17.6 Å². The molecule has 0 bridgehead atoms. The van der Waals surface area contributed by atoms with Gasteiger partial charge >= 0.3 is 0 Å². The summed E-state index contributed by atoms with van der Waals surface area (Å²) >= 11 is 0. The molecule has 24 heavy (non-hydrogen) atoms. The van der Waals surface area contributed by atoms with Gasteiger partial charge in [0.25, 0.3) is 0 Å². The minimum absolute atomic E-state index is 0.269. The van der Waals surface area contributed by atoms with Crippen LogP contribution < -0.4 is 21.1 Å². The number of nitrogens with two attached hydrogens (primary N) is 2. The Kier molecular flexibility index (Phi) is 4.89. The van der Waals surface area contributed by atoms with Gasteiger partial charge < -0.3 is 20.9 Å². The van der Waals surface area contributed by atoms with E-state index < -0.39 is 5.66 Å².